The standard InChI is InChI=1S/C13H25N3S/c1-11-10-17-12(16-11)6-9-14-7-5-8-15-13(2,3)4/h10,14-15H,5-9H2,1-4H3. The molecule has 0 amide bonds. The molecule has 0 unspecified atom stereocenters. The highest BCUT2D eigenvalue weighted by Crippen LogP contribution is 2.08. The van der Waals surface area contributed by atoms with Gasteiger partial charge in [-0.05, 0) is 47.2 Å². The Morgan fingerprint density at radius 3 is 2.59 bits per heavy atom. The summed E-state index contributed by atoms with van der Waals surface area (Å²) in [7, 11) is 0. The maximum atomic E-state index is 4.44. The highest BCUT2D eigenvalue weighted by molar-refractivity contribution is 7.09. The summed E-state index contributed by atoms with van der Waals surface area (Å²) >= 11 is 1.76. The fraction of sp³-hybridized carbons (Fsp3) is 0.769. The molecule has 0 atom stereocenters. The predicted molar refractivity (Wildman–Crippen MR) is 75.8 cm³/mol. The Labute approximate surface area is 109 Å². The molecule has 0 radical (unpaired) electrons. The van der Waals surface area contributed by atoms with E-state index in [1.54, 1.807) is 11.3 Å². The Hall–Kier alpha value is -0.450. The molecule has 4 heteroatoms. The molecule has 0 fully saturated rings. The molecule has 2 N–H and O–H groups in total. The summed E-state index contributed by atoms with van der Waals surface area (Å²) in [6.45, 7) is 11.8. The average molecular weight is 255 g/mol. The normalized spacial score (nSPS) is 12.0. The van der Waals surface area contributed by atoms with Gasteiger partial charge in [-0.3, -0.25) is 0 Å². The largest absolute Gasteiger partial charge is 0.316 e. The van der Waals surface area contributed by atoms with Gasteiger partial charge in [0.1, 0.15) is 0 Å². The van der Waals surface area contributed by atoms with Crippen LogP contribution in [-0.4, -0.2) is 30.2 Å². The van der Waals surface area contributed by atoms with Gasteiger partial charge in [0.15, 0.2) is 0 Å². The van der Waals surface area contributed by atoms with E-state index in [0.29, 0.717) is 0 Å². The first-order chi connectivity index (χ1) is 7.97. The fourth-order valence-electron chi connectivity index (χ4n) is 1.51. The molecule has 1 rings (SSSR count). The first-order valence-corrected chi connectivity index (χ1v) is 7.22. The lowest BCUT2D eigenvalue weighted by Gasteiger charge is -2.20. The third-order valence-electron chi connectivity index (χ3n) is 2.37. The van der Waals surface area contributed by atoms with Crippen molar-refractivity contribution in [2.75, 3.05) is 19.6 Å². The number of hydrogen-bond acceptors (Lipinski definition) is 4. The van der Waals surface area contributed by atoms with Crippen LogP contribution in [0.3, 0.4) is 0 Å². The Kier molecular flexibility index (Phi) is 6.09. The van der Waals surface area contributed by atoms with Crippen molar-refractivity contribution < 1.29 is 0 Å². The van der Waals surface area contributed by atoms with Gasteiger partial charge in [-0.25, -0.2) is 4.98 Å². The van der Waals surface area contributed by atoms with Crippen molar-refractivity contribution in [1.82, 2.24) is 15.6 Å². The molecular weight excluding hydrogens is 230 g/mol. The molecule has 0 spiro atoms. The van der Waals surface area contributed by atoms with Gasteiger partial charge in [0.25, 0.3) is 0 Å². The maximum Gasteiger partial charge on any atom is 0.0940 e. The van der Waals surface area contributed by atoms with E-state index < -0.39 is 0 Å². The van der Waals surface area contributed by atoms with Crippen molar-refractivity contribution in [2.24, 2.45) is 0 Å². The molecule has 0 aliphatic heterocycles. The average Bonchev–Trinajstić information content (AvgIpc) is 2.61. The molecule has 0 aromatic carbocycles. The zero-order valence-corrected chi connectivity index (χ0v) is 12.3. The van der Waals surface area contributed by atoms with Crippen molar-refractivity contribution in [3.05, 3.63) is 16.1 Å². The van der Waals surface area contributed by atoms with Crippen LogP contribution in [0.25, 0.3) is 0 Å². The molecule has 0 saturated heterocycles. The Morgan fingerprint density at radius 2 is 2.00 bits per heavy atom. The summed E-state index contributed by atoms with van der Waals surface area (Å²) in [4.78, 5) is 4.44. The molecule has 3 nitrogen and oxygen atoms in total. The summed E-state index contributed by atoms with van der Waals surface area (Å²) < 4.78 is 0. The van der Waals surface area contributed by atoms with E-state index in [0.717, 1.165) is 31.7 Å². The van der Waals surface area contributed by atoms with Gasteiger partial charge in [-0.1, -0.05) is 0 Å². The third-order valence-corrected chi connectivity index (χ3v) is 3.39. The van der Waals surface area contributed by atoms with Crippen LogP contribution >= 0.6 is 11.3 Å². The Balaban J connectivity index is 1.95. The van der Waals surface area contributed by atoms with Gasteiger partial charge in [-0.15, -0.1) is 11.3 Å². The highest BCUT2D eigenvalue weighted by Gasteiger charge is 2.06. The number of hydrogen-bond donors (Lipinski definition) is 2. The smallest absolute Gasteiger partial charge is 0.0940 e. The Morgan fingerprint density at radius 1 is 1.24 bits per heavy atom. The second-order valence-electron chi connectivity index (χ2n) is 5.41. The van der Waals surface area contributed by atoms with E-state index in [2.05, 4.69) is 41.8 Å². The van der Waals surface area contributed by atoms with Crippen LogP contribution in [0.5, 0.6) is 0 Å². The fourth-order valence-corrected chi connectivity index (χ4v) is 2.29. The van der Waals surface area contributed by atoms with Gasteiger partial charge in [0, 0.05) is 29.6 Å². The van der Waals surface area contributed by atoms with Crippen LogP contribution in [0.2, 0.25) is 0 Å². The second kappa shape index (κ2) is 7.09. The summed E-state index contributed by atoms with van der Waals surface area (Å²) in [6, 6.07) is 0. The quantitative estimate of drug-likeness (QED) is 0.735. The van der Waals surface area contributed by atoms with E-state index in [1.165, 1.54) is 11.4 Å². The van der Waals surface area contributed by atoms with Crippen LogP contribution in [0.4, 0.5) is 0 Å². The van der Waals surface area contributed by atoms with E-state index in [9.17, 15) is 0 Å². The minimum atomic E-state index is 0.235. The van der Waals surface area contributed by atoms with E-state index in [4.69, 9.17) is 0 Å². The summed E-state index contributed by atoms with van der Waals surface area (Å²) in [5, 5.41) is 10.3. The third kappa shape index (κ3) is 7.47. The van der Waals surface area contributed by atoms with Gasteiger partial charge in [-0.2, -0.15) is 0 Å². The number of aromatic nitrogens is 1. The number of nitrogens with one attached hydrogen (secondary N) is 2. The zero-order valence-electron chi connectivity index (χ0n) is 11.5. The van der Waals surface area contributed by atoms with Gasteiger partial charge < -0.3 is 10.6 Å². The minimum Gasteiger partial charge on any atom is -0.316 e. The minimum absolute atomic E-state index is 0.235. The van der Waals surface area contributed by atoms with Crippen molar-refractivity contribution >= 4 is 11.3 Å². The molecule has 98 valence electrons. The van der Waals surface area contributed by atoms with Crippen LogP contribution < -0.4 is 10.6 Å². The summed E-state index contributed by atoms with van der Waals surface area (Å²) in [6.07, 6.45) is 2.22. The molecule has 17 heavy (non-hydrogen) atoms. The van der Waals surface area contributed by atoms with Gasteiger partial charge in [0.05, 0.1) is 5.01 Å². The van der Waals surface area contributed by atoms with E-state index >= 15 is 0 Å². The molecule has 1 heterocycles. The first kappa shape index (κ1) is 14.6. The topological polar surface area (TPSA) is 37.0 Å². The lowest BCUT2D eigenvalue weighted by atomic mass is 10.1. The van der Waals surface area contributed by atoms with Gasteiger partial charge >= 0.3 is 0 Å². The van der Waals surface area contributed by atoms with Crippen molar-refractivity contribution in [3.63, 3.8) is 0 Å². The monoisotopic (exact) mass is 255 g/mol. The lowest BCUT2D eigenvalue weighted by Crippen LogP contribution is -2.37. The number of thiazole rings is 1. The maximum absolute atomic E-state index is 4.44. The molecule has 0 saturated carbocycles. The van der Waals surface area contributed by atoms with Crippen molar-refractivity contribution in [2.45, 2.75) is 46.1 Å². The van der Waals surface area contributed by atoms with Crippen LogP contribution in [-0.2, 0) is 6.42 Å². The number of aryl methyl sites for hydroxylation is 1. The number of nitrogens with zero attached hydrogens (tertiary/aromatic N) is 1. The van der Waals surface area contributed by atoms with Crippen molar-refractivity contribution in [3.8, 4) is 0 Å². The summed E-state index contributed by atoms with van der Waals surface area (Å²) in [5.41, 5.74) is 1.37. The number of rotatable bonds is 7. The van der Waals surface area contributed by atoms with E-state index in [1.807, 2.05) is 6.92 Å². The highest BCUT2D eigenvalue weighted by atomic mass is 32.1. The predicted octanol–water partition coefficient (Wildman–Crippen LogP) is 2.36. The van der Waals surface area contributed by atoms with Crippen LogP contribution in [0.1, 0.15) is 37.9 Å². The van der Waals surface area contributed by atoms with Crippen LogP contribution in [0.15, 0.2) is 5.38 Å². The van der Waals surface area contributed by atoms with Crippen LogP contribution in [0, 0.1) is 6.92 Å². The second-order valence-corrected chi connectivity index (χ2v) is 6.36. The van der Waals surface area contributed by atoms with Gasteiger partial charge in [0.2, 0.25) is 0 Å². The lowest BCUT2D eigenvalue weighted by molar-refractivity contribution is 0.419. The molecule has 1 aromatic rings. The molecule has 0 bridgehead atoms. The van der Waals surface area contributed by atoms with E-state index in [-0.39, 0.29) is 5.54 Å². The molecule has 0 aliphatic carbocycles. The zero-order chi connectivity index (χ0) is 12.7. The molecule has 0 aliphatic rings. The SMILES string of the molecule is Cc1csc(CCNCCCNC(C)(C)C)n1. The first-order valence-electron chi connectivity index (χ1n) is 6.34. The summed E-state index contributed by atoms with van der Waals surface area (Å²) in [5.74, 6) is 0. The Bertz CT molecular complexity index is 315. The molecule has 1 aromatic heterocycles. The van der Waals surface area contributed by atoms with Crippen molar-refractivity contribution in [1.29, 1.82) is 0 Å². The molecular formula is C13H25N3S.